The van der Waals surface area contributed by atoms with Crippen molar-refractivity contribution in [2.75, 3.05) is 13.1 Å². The first-order chi connectivity index (χ1) is 8.61. The zero-order valence-corrected chi connectivity index (χ0v) is 12.0. The SMILES string of the molecule is CC1CN(C(=O)OC(C)(C)C)CCC1[C@@H](N)C(=O)O. The third-order valence-corrected chi connectivity index (χ3v) is 3.37. The molecular formula is C13H24N2O4. The Bertz CT molecular complexity index is 351. The molecule has 1 aliphatic rings. The van der Waals surface area contributed by atoms with E-state index >= 15 is 0 Å². The highest BCUT2D eigenvalue weighted by molar-refractivity contribution is 5.73. The molecule has 0 bridgehead atoms. The average Bonchev–Trinajstić information content (AvgIpc) is 2.25. The normalized spacial score (nSPS) is 25.8. The van der Waals surface area contributed by atoms with E-state index in [1.165, 1.54) is 0 Å². The fraction of sp³-hybridized carbons (Fsp3) is 0.846. The van der Waals surface area contributed by atoms with Gasteiger partial charge in [0.05, 0.1) is 0 Å². The molecular weight excluding hydrogens is 248 g/mol. The lowest BCUT2D eigenvalue weighted by Gasteiger charge is -2.38. The third kappa shape index (κ3) is 4.38. The molecule has 1 saturated heterocycles. The van der Waals surface area contributed by atoms with Gasteiger partial charge in [0.2, 0.25) is 0 Å². The van der Waals surface area contributed by atoms with Crippen LogP contribution in [0.15, 0.2) is 0 Å². The van der Waals surface area contributed by atoms with Crippen molar-refractivity contribution in [1.29, 1.82) is 0 Å². The Morgan fingerprint density at radius 3 is 2.42 bits per heavy atom. The predicted octanol–water partition coefficient (Wildman–Crippen LogP) is 1.29. The summed E-state index contributed by atoms with van der Waals surface area (Å²) < 4.78 is 5.31. The molecule has 6 heteroatoms. The third-order valence-electron chi connectivity index (χ3n) is 3.37. The van der Waals surface area contributed by atoms with Crippen LogP contribution in [-0.4, -0.2) is 46.8 Å². The summed E-state index contributed by atoms with van der Waals surface area (Å²) in [5, 5.41) is 8.95. The van der Waals surface area contributed by atoms with E-state index in [0.29, 0.717) is 19.5 Å². The van der Waals surface area contributed by atoms with Gasteiger partial charge in [-0.1, -0.05) is 6.92 Å². The van der Waals surface area contributed by atoms with Crippen molar-refractivity contribution < 1.29 is 19.4 Å². The van der Waals surface area contributed by atoms with Gasteiger partial charge in [0.1, 0.15) is 11.6 Å². The van der Waals surface area contributed by atoms with Crippen LogP contribution in [-0.2, 0) is 9.53 Å². The van der Waals surface area contributed by atoms with Gasteiger partial charge in [-0.15, -0.1) is 0 Å². The number of piperidine rings is 1. The number of hydrogen-bond acceptors (Lipinski definition) is 4. The maximum absolute atomic E-state index is 11.9. The zero-order chi connectivity index (χ0) is 14.8. The Balaban J connectivity index is 2.59. The van der Waals surface area contributed by atoms with Crippen LogP contribution in [0.1, 0.15) is 34.1 Å². The fourth-order valence-electron chi connectivity index (χ4n) is 2.37. The van der Waals surface area contributed by atoms with Crippen molar-refractivity contribution in [3.05, 3.63) is 0 Å². The van der Waals surface area contributed by atoms with Crippen molar-refractivity contribution in [1.82, 2.24) is 4.90 Å². The van der Waals surface area contributed by atoms with Crippen LogP contribution in [0, 0.1) is 11.8 Å². The average molecular weight is 272 g/mol. The molecule has 6 nitrogen and oxygen atoms in total. The molecule has 0 saturated carbocycles. The van der Waals surface area contributed by atoms with E-state index in [-0.39, 0.29) is 17.9 Å². The number of carbonyl (C=O) groups is 2. The Morgan fingerprint density at radius 1 is 1.42 bits per heavy atom. The lowest BCUT2D eigenvalue weighted by Crippen LogP contribution is -2.51. The van der Waals surface area contributed by atoms with Crippen molar-refractivity contribution in [3.8, 4) is 0 Å². The number of nitrogens with zero attached hydrogens (tertiary/aromatic N) is 1. The first kappa shape index (κ1) is 15.8. The highest BCUT2D eigenvalue weighted by Crippen LogP contribution is 2.26. The van der Waals surface area contributed by atoms with Crippen molar-refractivity contribution in [2.45, 2.75) is 45.8 Å². The van der Waals surface area contributed by atoms with Crippen LogP contribution < -0.4 is 5.73 Å². The van der Waals surface area contributed by atoms with E-state index in [0.717, 1.165) is 0 Å². The molecule has 0 aromatic carbocycles. The first-order valence-electron chi connectivity index (χ1n) is 6.58. The van der Waals surface area contributed by atoms with Gasteiger partial charge >= 0.3 is 12.1 Å². The van der Waals surface area contributed by atoms with Gasteiger partial charge in [0.15, 0.2) is 0 Å². The molecule has 1 aliphatic heterocycles. The van der Waals surface area contributed by atoms with E-state index in [9.17, 15) is 9.59 Å². The minimum absolute atomic E-state index is 0.0485. The molecule has 0 spiro atoms. The Hall–Kier alpha value is -1.30. The van der Waals surface area contributed by atoms with Crippen LogP contribution in [0.5, 0.6) is 0 Å². The summed E-state index contributed by atoms with van der Waals surface area (Å²) >= 11 is 0. The number of carboxylic acid groups (broad SMARTS) is 1. The van der Waals surface area contributed by atoms with Gasteiger partial charge in [-0.3, -0.25) is 4.79 Å². The lowest BCUT2D eigenvalue weighted by atomic mass is 9.82. The van der Waals surface area contributed by atoms with Gasteiger partial charge in [0.25, 0.3) is 0 Å². The highest BCUT2D eigenvalue weighted by atomic mass is 16.6. The van der Waals surface area contributed by atoms with Crippen LogP contribution in [0.2, 0.25) is 0 Å². The minimum atomic E-state index is -0.984. The summed E-state index contributed by atoms with van der Waals surface area (Å²) in [6.45, 7) is 8.36. The second kappa shape index (κ2) is 5.77. The number of aliphatic carboxylic acids is 1. The molecule has 1 rings (SSSR count). The summed E-state index contributed by atoms with van der Waals surface area (Å²) in [6.07, 6.45) is 0.245. The number of rotatable bonds is 2. The summed E-state index contributed by atoms with van der Waals surface area (Å²) in [5.41, 5.74) is 5.15. The van der Waals surface area contributed by atoms with Gasteiger partial charge < -0.3 is 20.5 Å². The standard InChI is InChI=1S/C13H24N2O4/c1-8-7-15(12(18)19-13(2,3)4)6-5-9(8)10(14)11(16)17/h8-10H,5-7,14H2,1-4H3,(H,16,17)/t8?,9?,10-/m1/s1. The van der Waals surface area contributed by atoms with E-state index in [1.807, 2.05) is 27.7 Å². The monoisotopic (exact) mass is 272 g/mol. The van der Waals surface area contributed by atoms with Crippen LogP contribution in [0.3, 0.4) is 0 Å². The molecule has 1 heterocycles. The van der Waals surface area contributed by atoms with E-state index in [2.05, 4.69) is 0 Å². The van der Waals surface area contributed by atoms with Crippen molar-refractivity contribution in [2.24, 2.45) is 17.6 Å². The molecule has 1 amide bonds. The summed E-state index contributed by atoms with van der Waals surface area (Å²) in [7, 11) is 0. The maximum Gasteiger partial charge on any atom is 0.410 e. The predicted molar refractivity (Wildman–Crippen MR) is 70.7 cm³/mol. The number of amides is 1. The number of hydrogen-bond donors (Lipinski definition) is 2. The number of carbonyl (C=O) groups excluding carboxylic acids is 1. The second-order valence-corrected chi connectivity index (χ2v) is 6.22. The highest BCUT2D eigenvalue weighted by Gasteiger charge is 2.36. The van der Waals surface area contributed by atoms with Gasteiger partial charge in [-0.25, -0.2) is 4.79 Å². The number of carboxylic acids is 1. The second-order valence-electron chi connectivity index (χ2n) is 6.22. The minimum Gasteiger partial charge on any atom is -0.480 e. The molecule has 1 fully saturated rings. The fourth-order valence-corrected chi connectivity index (χ4v) is 2.37. The molecule has 19 heavy (non-hydrogen) atoms. The van der Waals surface area contributed by atoms with Gasteiger partial charge in [-0.2, -0.15) is 0 Å². The van der Waals surface area contributed by atoms with Gasteiger partial charge in [-0.05, 0) is 39.0 Å². The van der Waals surface area contributed by atoms with Crippen LogP contribution in [0.25, 0.3) is 0 Å². The van der Waals surface area contributed by atoms with Crippen LogP contribution in [0.4, 0.5) is 4.79 Å². The van der Waals surface area contributed by atoms with E-state index in [4.69, 9.17) is 15.6 Å². The Kier molecular flexibility index (Phi) is 4.79. The summed E-state index contributed by atoms with van der Waals surface area (Å²) in [4.78, 5) is 24.5. The van der Waals surface area contributed by atoms with Gasteiger partial charge in [0, 0.05) is 13.1 Å². The van der Waals surface area contributed by atoms with Crippen LogP contribution >= 0.6 is 0 Å². The molecule has 3 N–H and O–H groups in total. The molecule has 3 atom stereocenters. The first-order valence-corrected chi connectivity index (χ1v) is 6.58. The van der Waals surface area contributed by atoms with Crippen molar-refractivity contribution >= 4 is 12.1 Å². The van der Waals surface area contributed by atoms with E-state index in [1.54, 1.807) is 4.90 Å². The molecule has 110 valence electrons. The summed E-state index contributed by atoms with van der Waals surface area (Å²) in [5.74, 6) is -1.04. The molecule has 0 radical (unpaired) electrons. The lowest BCUT2D eigenvalue weighted by molar-refractivity contribution is -0.140. The largest absolute Gasteiger partial charge is 0.480 e. The topological polar surface area (TPSA) is 92.9 Å². The number of nitrogens with two attached hydrogens (primary N) is 1. The number of likely N-dealkylation sites (tertiary alicyclic amines) is 1. The zero-order valence-electron chi connectivity index (χ0n) is 12.0. The quantitative estimate of drug-likeness (QED) is 0.790. The maximum atomic E-state index is 11.9. The Labute approximate surface area is 113 Å². The molecule has 2 unspecified atom stereocenters. The summed E-state index contributed by atoms with van der Waals surface area (Å²) in [6, 6.07) is -0.865. The molecule has 0 aliphatic carbocycles. The molecule has 0 aromatic heterocycles. The number of ether oxygens (including phenoxy) is 1. The molecule has 0 aromatic rings. The Morgan fingerprint density at radius 2 is 2.00 bits per heavy atom. The smallest absolute Gasteiger partial charge is 0.410 e. The van der Waals surface area contributed by atoms with E-state index < -0.39 is 17.6 Å². The van der Waals surface area contributed by atoms with Crippen molar-refractivity contribution in [3.63, 3.8) is 0 Å².